The van der Waals surface area contributed by atoms with Gasteiger partial charge in [-0.25, -0.2) is 0 Å². The summed E-state index contributed by atoms with van der Waals surface area (Å²) in [6.45, 7) is 0. The van der Waals surface area contributed by atoms with Crippen molar-refractivity contribution in [2.75, 3.05) is 0 Å². The van der Waals surface area contributed by atoms with E-state index in [-0.39, 0.29) is 63.0 Å². The van der Waals surface area contributed by atoms with E-state index in [0.717, 1.165) is 0 Å². The van der Waals surface area contributed by atoms with E-state index in [4.69, 9.17) is 15.0 Å². The van der Waals surface area contributed by atoms with Gasteiger partial charge in [-0.1, -0.05) is 0 Å². The van der Waals surface area contributed by atoms with Crippen LogP contribution in [0.4, 0.5) is 4.79 Å². The third kappa shape index (κ3) is 235. The van der Waals surface area contributed by atoms with E-state index in [1.165, 1.54) is 0 Å². The van der Waals surface area contributed by atoms with Gasteiger partial charge in [-0.05, 0) is 6.16 Å². The molecule has 0 bridgehead atoms. The second kappa shape index (κ2) is 24.4. The summed E-state index contributed by atoms with van der Waals surface area (Å²) >= 11 is 0. The molecule has 0 saturated carbocycles. The van der Waals surface area contributed by atoms with E-state index in [1.54, 1.807) is 0 Å². The zero-order valence-electron chi connectivity index (χ0n) is 3.76. The third-order valence-corrected chi connectivity index (χ3v) is 0. The molecule has 0 aliphatic rings. The van der Waals surface area contributed by atoms with E-state index >= 15 is 0 Å². The maximum Gasteiger partial charge on any atom is 2.00 e. The van der Waals surface area contributed by atoms with E-state index in [9.17, 15) is 0 Å². The molecule has 0 aromatic rings. The summed E-state index contributed by atoms with van der Waals surface area (Å²) in [7, 11) is 0. The van der Waals surface area contributed by atoms with Gasteiger partial charge >= 0.3 is 40.1 Å². The second-order valence-electron chi connectivity index (χ2n) is 0.250. The Kier molecular flexibility index (Phi) is 109. The average Bonchev–Trinajstić information content (AvgIpc) is 0.811. The monoisotopic (exact) mass is 191 g/mol. The van der Waals surface area contributed by atoms with Gasteiger partial charge < -0.3 is 20.5 Å². The molecule has 0 spiro atoms. The molecule has 0 rings (SSSR count). The molecule has 7 heteroatoms. The van der Waals surface area contributed by atoms with Gasteiger partial charge in [-0.15, -0.1) is 0 Å². The minimum atomic E-state index is -2.33. The van der Waals surface area contributed by atoms with Crippen LogP contribution in [0.1, 0.15) is 0 Å². The standard InChI is InChI=1S/CH2O3.Al.Cu.Mg.H2O/c2-1(3)4;;;;/h(H2,2,3,4);;;;1H2/q;;2*+2;/p-3. The fourth-order valence-corrected chi connectivity index (χ4v) is 0. The summed E-state index contributed by atoms with van der Waals surface area (Å²) in [5, 5.41) is 16.7. The fourth-order valence-electron chi connectivity index (χ4n) is 0. The number of carbonyl (C=O) groups is 1. The topological polar surface area (TPSA) is 93.2 Å². The van der Waals surface area contributed by atoms with Crippen LogP contribution in [0.3, 0.4) is 0 Å². The van der Waals surface area contributed by atoms with Crippen molar-refractivity contribution in [2.24, 2.45) is 0 Å². The molecule has 0 atom stereocenters. The van der Waals surface area contributed by atoms with Crippen molar-refractivity contribution in [1.29, 1.82) is 0 Å². The van der Waals surface area contributed by atoms with E-state index < -0.39 is 6.16 Å². The van der Waals surface area contributed by atoms with Crippen molar-refractivity contribution in [3.63, 3.8) is 0 Å². The summed E-state index contributed by atoms with van der Waals surface area (Å²) < 4.78 is 0. The van der Waals surface area contributed by atoms with Crippen LogP contribution in [0.15, 0.2) is 0 Å². The molecule has 0 heterocycles. The quantitative estimate of drug-likeness (QED) is 0.374. The van der Waals surface area contributed by atoms with Crippen LogP contribution < -0.4 is 10.2 Å². The molecule has 4 nitrogen and oxygen atoms in total. The van der Waals surface area contributed by atoms with E-state index in [1.807, 2.05) is 0 Å². The first-order valence-corrected chi connectivity index (χ1v) is 0.612. The Hall–Kier alpha value is 1.05. The van der Waals surface area contributed by atoms with Gasteiger partial charge in [0, 0.05) is 17.4 Å². The van der Waals surface area contributed by atoms with Crippen molar-refractivity contribution in [3.8, 4) is 0 Å². The number of hydrogen-bond acceptors (Lipinski definition) is 4. The van der Waals surface area contributed by atoms with Gasteiger partial charge in [0.2, 0.25) is 0 Å². The SMILES string of the molecule is O=C([O-])[O-].[Al].[Cu+2].[Mg+2].[OH-]. The molecule has 0 aromatic heterocycles. The minimum absolute atomic E-state index is 0. The Balaban J connectivity index is -0.00000000750. The van der Waals surface area contributed by atoms with Crippen molar-refractivity contribution in [1.82, 2.24) is 0 Å². The molecule has 0 aliphatic carbocycles. The first-order chi connectivity index (χ1) is 1.73. The van der Waals surface area contributed by atoms with Gasteiger partial charge in [0.1, 0.15) is 0 Å². The molecule has 0 aliphatic heterocycles. The molecular weight excluding hydrogens is 191 g/mol. The normalized spacial score (nSPS) is 3.00. The molecule has 1 N–H and O–H groups in total. The van der Waals surface area contributed by atoms with Crippen LogP contribution in [0.2, 0.25) is 0 Å². The van der Waals surface area contributed by atoms with E-state index in [2.05, 4.69) is 0 Å². The average molecular weight is 192 g/mol. The summed E-state index contributed by atoms with van der Waals surface area (Å²) in [4.78, 5) is 8.33. The molecule has 8 heavy (non-hydrogen) atoms. The smallest absolute Gasteiger partial charge is 0.870 e. The van der Waals surface area contributed by atoms with Crippen LogP contribution in [-0.2, 0) is 17.1 Å². The second-order valence-corrected chi connectivity index (χ2v) is 0.250. The number of hydrogen-bond donors (Lipinski definition) is 0. The maximum absolute atomic E-state index is 8.33. The van der Waals surface area contributed by atoms with Gasteiger partial charge in [0.25, 0.3) is 0 Å². The van der Waals surface area contributed by atoms with Gasteiger partial charge in [-0.3, -0.25) is 0 Å². The van der Waals surface area contributed by atoms with Gasteiger partial charge in [-0.2, -0.15) is 0 Å². The molecular formula is CHAlCuMgO4+. The van der Waals surface area contributed by atoms with E-state index in [0.29, 0.717) is 0 Å². The number of rotatable bonds is 0. The summed E-state index contributed by atoms with van der Waals surface area (Å²) in [6, 6.07) is 0. The van der Waals surface area contributed by atoms with Crippen molar-refractivity contribution >= 4 is 46.6 Å². The first-order valence-electron chi connectivity index (χ1n) is 0.612. The molecule has 0 amide bonds. The molecule has 0 fully saturated rings. The summed E-state index contributed by atoms with van der Waals surface area (Å²) in [6.07, 6.45) is -2.33. The van der Waals surface area contributed by atoms with Crippen LogP contribution in [0.25, 0.3) is 0 Å². The Morgan fingerprint density at radius 1 is 1.25 bits per heavy atom. The Morgan fingerprint density at radius 3 is 1.25 bits per heavy atom. The molecule has 0 aromatic carbocycles. The van der Waals surface area contributed by atoms with Crippen LogP contribution in [0, 0.1) is 0 Å². The van der Waals surface area contributed by atoms with Crippen molar-refractivity contribution in [3.05, 3.63) is 0 Å². The number of carboxylic acid groups (broad SMARTS) is 2. The third-order valence-electron chi connectivity index (χ3n) is 0. The van der Waals surface area contributed by atoms with Gasteiger partial charge in [0.05, 0.1) is 0 Å². The first kappa shape index (κ1) is 35.8. The number of carbonyl (C=O) groups excluding carboxylic acids is 1. The van der Waals surface area contributed by atoms with Crippen LogP contribution in [0.5, 0.6) is 0 Å². The molecule has 4 radical (unpaired) electrons. The fraction of sp³-hybridized carbons (Fsp3) is 0. The van der Waals surface area contributed by atoms with Crippen molar-refractivity contribution in [2.45, 2.75) is 0 Å². The predicted molar refractivity (Wildman–Crippen MR) is 18.8 cm³/mol. The minimum Gasteiger partial charge on any atom is -0.870 e. The Bertz CT molecular complexity index is 39.0. The van der Waals surface area contributed by atoms with Crippen molar-refractivity contribution < 1.29 is 37.6 Å². The zero-order chi connectivity index (χ0) is 3.58. The predicted octanol–water partition coefficient (Wildman–Crippen LogP) is -3.39. The summed E-state index contributed by atoms with van der Waals surface area (Å²) in [5.74, 6) is 0. The van der Waals surface area contributed by atoms with Gasteiger partial charge in [0.15, 0.2) is 0 Å². The molecule has 0 unspecified atom stereocenters. The molecule has 0 saturated heterocycles. The molecule has 44 valence electrons. The maximum atomic E-state index is 8.33. The zero-order valence-corrected chi connectivity index (χ0v) is 7.27. The summed E-state index contributed by atoms with van der Waals surface area (Å²) in [5.41, 5.74) is 0. The van der Waals surface area contributed by atoms with Crippen LogP contribution >= 0.6 is 0 Å². The Morgan fingerprint density at radius 2 is 1.25 bits per heavy atom. The Labute approximate surface area is 83.7 Å². The van der Waals surface area contributed by atoms with Crippen LogP contribution in [-0.4, -0.2) is 52.0 Å². The largest absolute Gasteiger partial charge is 2.00 e.